The summed E-state index contributed by atoms with van der Waals surface area (Å²) in [6, 6.07) is 15.6. The molecule has 1 N–H and O–H groups in total. The number of hydrogen-bond donors (Lipinski definition) is 1. The van der Waals surface area contributed by atoms with Gasteiger partial charge in [-0.05, 0) is 54.9 Å². The van der Waals surface area contributed by atoms with E-state index < -0.39 is 9.84 Å². The second-order valence-electron chi connectivity index (χ2n) is 7.96. The number of benzene rings is 2. The molecule has 0 radical (unpaired) electrons. The lowest BCUT2D eigenvalue weighted by molar-refractivity contribution is -0.116. The molecule has 0 unspecified atom stereocenters. The highest BCUT2D eigenvalue weighted by molar-refractivity contribution is 7.90. The number of anilines is 1. The highest BCUT2D eigenvalue weighted by atomic mass is 32.2. The quantitative estimate of drug-likeness (QED) is 0.518. The molecule has 31 heavy (non-hydrogen) atoms. The molecule has 1 aliphatic rings. The molecule has 3 aromatic rings. The van der Waals surface area contributed by atoms with Gasteiger partial charge in [-0.25, -0.2) is 13.4 Å². The summed E-state index contributed by atoms with van der Waals surface area (Å²) < 4.78 is 24.5. The minimum absolute atomic E-state index is 0.00603. The Morgan fingerprint density at radius 2 is 1.81 bits per heavy atom. The first-order valence-electron chi connectivity index (χ1n) is 10.6. The van der Waals surface area contributed by atoms with Crippen molar-refractivity contribution in [1.82, 2.24) is 4.98 Å². The van der Waals surface area contributed by atoms with Gasteiger partial charge in [-0.2, -0.15) is 0 Å². The minimum atomic E-state index is -3.24. The van der Waals surface area contributed by atoms with Gasteiger partial charge < -0.3 is 5.32 Å². The van der Waals surface area contributed by atoms with Crippen molar-refractivity contribution in [3.8, 4) is 11.3 Å². The molecule has 162 valence electrons. The molecule has 7 heteroatoms. The highest BCUT2D eigenvalue weighted by Gasteiger charge is 2.15. The zero-order valence-corrected chi connectivity index (χ0v) is 19.0. The summed E-state index contributed by atoms with van der Waals surface area (Å²) in [6.45, 7) is 0. The molecular weight excluding hydrogens is 428 g/mol. The Morgan fingerprint density at radius 3 is 2.61 bits per heavy atom. The van der Waals surface area contributed by atoms with Crippen molar-refractivity contribution in [2.24, 2.45) is 0 Å². The number of thiazole rings is 1. The van der Waals surface area contributed by atoms with E-state index in [0.717, 1.165) is 29.7 Å². The number of aromatic nitrogens is 1. The maximum atomic E-state index is 12.3. The minimum Gasteiger partial charge on any atom is -0.302 e. The smallest absolute Gasteiger partial charge is 0.226 e. The summed E-state index contributed by atoms with van der Waals surface area (Å²) >= 11 is 1.39. The number of carbonyl (C=O) groups is 1. The van der Waals surface area contributed by atoms with Crippen LogP contribution < -0.4 is 5.32 Å². The van der Waals surface area contributed by atoms with Crippen LogP contribution in [0.3, 0.4) is 0 Å². The van der Waals surface area contributed by atoms with Crippen LogP contribution in [-0.2, 0) is 33.2 Å². The number of sulfone groups is 1. The Labute approximate surface area is 187 Å². The third kappa shape index (κ3) is 6.02. The zero-order valence-electron chi connectivity index (χ0n) is 17.3. The van der Waals surface area contributed by atoms with Gasteiger partial charge in [-0.1, -0.05) is 42.5 Å². The predicted octanol–water partition coefficient (Wildman–Crippen LogP) is 5.02. The Morgan fingerprint density at radius 1 is 1.03 bits per heavy atom. The van der Waals surface area contributed by atoms with Gasteiger partial charge in [-0.15, -0.1) is 11.3 Å². The van der Waals surface area contributed by atoms with Gasteiger partial charge >= 0.3 is 0 Å². The first-order valence-corrected chi connectivity index (χ1v) is 13.3. The topological polar surface area (TPSA) is 76.1 Å². The maximum Gasteiger partial charge on any atom is 0.226 e. The number of nitrogens with zero attached hydrogens (tertiary/aromatic N) is 1. The summed E-state index contributed by atoms with van der Waals surface area (Å²) in [6.07, 6.45) is 5.20. The van der Waals surface area contributed by atoms with Gasteiger partial charge in [-0.3, -0.25) is 4.79 Å². The molecular formula is C24H26N2O3S2. The first kappa shape index (κ1) is 21.7. The van der Waals surface area contributed by atoms with E-state index in [1.54, 1.807) is 12.1 Å². The predicted molar refractivity (Wildman–Crippen MR) is 126 cm³/mol. The van der Waals surface area contributed by atoms with Gasteiger partial charge in [0.2, 0.25) is 5.91 Å². The average molecular weight is 455 g/mol. The second-order valence-corrected chi connectivity index (χ2v) is 11.0. The summed E-state index contributed by atoms with van der Waals surface area (Å²) in [5.41, 5.74) is 5.54. The van der Waals surface area contributed by atoms with Crippen LogP contribution in [0.5, 0.6) is 0 Å². The first-order chi connectivity index (χ1) is 15.0. The molecule has 1 aromatic heterocycles. The molecule has 5 nitrogen and oxygen atoms in total. The van der Waals surface area contributed by atoms with Gasteiger partial charge in [0.25, 0.3) is 0 Å². The zero-order chi connectivity index (χ0) is 21.7. The molecule has 1 heterocycles. The van der Waals surface area contributed by atoms with E-state index in [0.29, 0.717) is 11.6 Å². The highest BCUT2D eigenvalue weighted by Crippen LogP contribution is 2.29. The van der Waals surface area contributed by atoms with Crippen LogP contribution in [0.15, 0.2) is 53.9 Å². The summed E-state index contributed by atoms with van der Waals surface area (Å²) in [7, 11) is -3.24. The Bertz CT molecular complexity index is 1150. The van der Waals surface area contributed by atoms with E-state index in [1.165, 1.54) is 35.3 Å². The molecule has 0 atom stereocenters. The summed E-state index contributed by atoms with van der Waals surface area (Å²) in [5, 5.41) is 5.30. The Hall–Kier alpha value is -2.51. The van der Waals surface area contributed by atoms with E-state index in [9.17, 15) is 13.2 Å². The molecule has 0 bridgehead atoms. The number of amides is 1. The fraction of sp³-hybridized carbons (Fsp3) is 0.333. The number of carbonyl (C=O) groups excluding carboxylic acids is 1. The van der Waals surface area contributed by atoms with Crippen molar-refractivity contribution < 1.29 is 13.2 Å². The largest absolute Gasteiger partial charge is 0.302 e. The van der Waals surface area contributed by atoms with Crippen molar-refractivity contribution in [2.75, 3.05) is 11.1 Å². The van der Waals surface area contributed by atoms with E-state index in [2.05, 4.69) is 28.5 Å². The third-order valence-electron chi connectivity index (χ3n) is 5.48. The van der Waals surface area contributed by atoms with Gasteiger partial charge in [0.05, 0.1) is 17.2 Å². The summed E-state index contributed by atoms with van der Waals surface area (Å²) in [5.74, 6) is -0.208. The van der Waals surface area contributed by atoms with E-state index in [-0.39, 0.29) is 23.8 Å². The van der Waals surface area contributed by atoms with Gasteiger partial charge in [0, 0.05) is 17.4 Å². The van der Waals surface area contributed by atoms with Crippen molar-refractivity contribution >= 4 is 32.2 Å². The van der Waals surface area contributed by atoms with Crippen molar-refractivity contribution in [1.29, 1.82) is 0 Å². The normalized spacial score (nSPS) is 13.5. The SMILES string of the molecule is O=C(CCCS(=O)(=O)Cc1ccccc1)Nc1nc(-c2ccc3c(c2)CCCC3)cs1. The van der Waals surface area contributed by atoms with Crippen LogP contribution in [0.4, 0.5) is 5.13 Å². The fourth-order valence-corrected chi connectivity index (χ4v) is 6.06. The molecule has 0 saturated carbocycles. The van der Waals surface area contributed by atoms with Crippen LogP contribution in [0.25, 0.3) is 11.3 Å². The van der Waals surface area contributed by atoms with Crippen LogP contribution in [-0.4, -0.2) is 25.1 Å². The molecule has 1 amide bonds. The van der Waals surface area contributed by atoms with Gasteiger partial charge in [0.15, 0.2) is 15.0 Å². The van der Waals surface area contributed by atoms with Crippen LogP contribution in [0.2, 0.25) is 0 Å². The van der Waals surface area contributed by atoms with Crippen LogP contribution in [0, 0.1) is 0 Å². The van der Waals surface area contributed by atoms with Crippen LogP contribution >= 0.6 is 11.3 Å². The molecule has 0 saturated heterocycles. The molecule has 1 aliphatic carbocycles. The van der Waals surface area contributed by atoms with Crippen molar-refractivity contribution in [2.45, 2.75) is 44.3 Å². The second kappa shape index (κ2) is 9.75. The average Bonchev–Trinajstić information content (AvgIpc) is 3.22. The third-order valence-corrected chi connectivity index (χ3v) is 7.92. The van der Waals surface area contributed by atoms with Crippen molar-refractivity contribution in [3.05, 3.63) is 70.6 Å². The molecule has 0 aliphatic heterocycles. The van der Waals surface area contributed by atoms with E-state index in [4.69, 9.17) is 0 Å². The lowest BCUT2D eigenvalue weighted by Crippen LogP contribution is -2.15. The number of aryl methyl sites for hydroxylation is 2. The molecule has 0 fully saturated rings. The van der Waals surface area contributed by atoms with E-state index >= 15 is 0 Å². The lowest BCUT2D eigenvalue weighted by Gasteiger charge is -2.16. The Kier molecular flexibility index (Phi) is 6.83. The van der Waals surface area contributed by atoms with E-state index in [1.807, 2.05) is 23.6 Å². The standard InChI is InChI=1S/C24H26N2O3S2/c27-23(11-6-14-31(28,29)17-18-7-2-1-3-8-18)26-24-25-22(16-30-24)21-13-12-19-9-4-5-10-20(19)15-21/h1-3,7-8,12-13,15-16H,4-6,9-11,14,17H2,(H,25,26,27). The maximum absolute atomic E-state index is 12.3. The van der Waals surface area contributed by atoms with Crippen LogP contribution in [0.1, 0.15) is 42.4 Å². The number of nitrogens with one attached hydrogen (secondary N) is 1. The number of hydrogen-bond acceptors (Lipinski definition) is 5. The molecule has 2 aromatic carbocycles. The lowest BCUT2D eigenvalue weighted by atomic mass is 9.90. The molecule has 4 rings (SSSR count). The number of rotatable bonds is 8. The Balaban J connectivity index is 1.28. The summed E-state index contributed by atoms with van der Waals surface area (Å²) in [4.78, 5) is 16.8. The van der Waals surface area contributed by atoms with Crippen molar-refractivity contribution in [3.63, 3.8) is 0 Å². The van der Waals surface area contributed by atoms with Gasteiger partial charge in [0.1, 0.15) is 0 Å². The molecule has 0 spiro atoms. The fourth-order valence-electron chi connectivity index (χ4n) is 3.89. The number of fused-ring (bicyclic) bond motifs is 1. The monoisotopic (exact) mass is 454 g/mol.